The van der Waals surface area contributed by atoms with Gasteiger partial charge in [-0.1, -0.05) is 101 Å². The van der Waals surface area contributed by atoms with Crippen molar-refractivity contribution >= 4 is 89.1 Å². The second-order valence-corrected chi connectivity index (χ2v) is 29.4. The lowest BCUT2D eigenvalue weighted by Crippen LogP contribution is -2.58. The molecule has 22 heteroatoms. The highest BCUT2D eigenvalue weighted by atomic mass is 32.2. The molecule has 2 saturated heterocycles. The molecule has 3 aliphatic heterocycles. The maximum absolute atomic E-state index is 14.6. The number of benzene rings is 4. The minimum Gasteiger partial charge on any atom is -0.371 e. The minimum atomic E-state index is -4.45. The van der Waals surface area contributed by atoms with E-state index in [4.69, 9.17) is 4.98 Å². The molecular weight excluding hydrogens is 1180 g/mol. The average molecular weight is 1260 g/mol. The predicted molar refractivity (Wildman–Crippen MR) is 349 cm³/mol. The Morgan fingerprint density at radius 3 is 2.19 bits per heavy atom. The van der Waals surface area contributed by atoms with Crippen LogP contribution in [0.2, 0.25) is 0 Å². The van der Waals surface area contributed by atoms with E-state index in [1.54, 1.807) is 46.7 Å². The first-order valence-electron chi connectivity index (χ1n) is 30.3. The number of anilines is 3. The van der Waals surface area contributed by atoms with Crippen LogP contribution in [0.5, 0.6) is 0 Å². The van der Waals surface area contributed by atoms with E-state index >= 15 is 0 Å². The number of fused-ring (bicyclic) bond motifs is 2. The number of para-hydroxylation sites is 1. The van der Waals surface area contributed by atoms with Crippen molar-refractivity contribution in [1.29, 1.82) is 0 Å². The van der Waals surface area contributed by atoms with Crippen molar-refractivity contribution in [2.75, 3.05) is 41.3 Å². The van der Waals surface area contributed by atoms with Crippen molar-refractivity contribution in [2.24, 2.45) is 16.7 Å². The maximum Gasteiger partial charge on any atom is 0.284 e. The number of piperidine rings is 1. The number of carbonyl (C=O) groups excluding carboxylic acids is 5. The first kappa shape index (κ1) is 62.3. The highest BCUT2D eigenvalue weighted by Gasteiger charge is 2.43. The number of aromatic nitrogens is 5. The van der Waals surface area contributed by atoms with Crippen LogP contribution in [0.3, 0.4) is 0 Å². The van der Waals surface area contributed by atoms with Gasteiger partial charge in [0.1, 0.15) is 23.6 Å². The molecule has 89 heavy (non-hydrogen) atoms. The molecule has 3 aliphatic rings. The predicted octanol–water partition coefficient (Wildman–Crippen LogP) is 10.9. The molecule has 464 valence electrons. The Balaban J connectivity index is 0.738. The van der Waals surface area contributed by atoms with E-state index in [2.05, 4.69) is 61.4 Å². The molecule has 11 rings (SSSR count). The molecule has 0 aliphatic carbocycles. The highest BCUT2D eigenvalue weighted by molar-refractivity contribution is 7.90. The van der Waals surface area contributed by atoms with Gasteiger partial charge >= 0.3 is 0 Å². The molecule has 0 radical (unpaired) electrons. The summed E-state index contributed by atoms with van der Waals surface area (Å²) in [5, 5.41) is 14.4. The molecule has 0 saturated carbocycles. The van der Waals surface area contributed by atoms with E-state index in [1.807, 2.05) is 123 Å². The van der Waals surface area contributed by atoms with Crippen LogP contribution in [0.1, 0.15) is 129 Å². The average Bonchev–Trinajstić information content (AvgIpc) is 3.12. The molecule has 3 atom stereocenters. The lowest BCUT2D eigenvalue weighted by atomic mass is 9.84. The fraction of sp³-hybridized carbons (Fsp3) is 0.388. The number of nitrogens with one attached hydrogen (secondary N) is 4. The summed E-state index contributed by atoms with van der Waals surface area (Å²) in [7, 11) is -4.45. The molecule has 0 bridgehead atoms. The van der Waals surface area contributed by atoms with Crippen molar-refractivity contribution in [1.82, 2.24) is 45.0 Å². The van der Waals surface area contributed by atoms with Crippen LogP contribution in [-0.4, -0.2) is 106 Å². The Morgan fingerprint density at radius 1 is 0.753 bits per heavy atom. The standard InChI is InChI=1S/C67H76N12O7S3/c1-40(43-19-21-45(22-20-43)58-41(2)68-39-87-58)70-62(82)54-17-13-32-78(54)64(84)59(67(7,8)9)73-60(80)46-30-33-76(34-31-46)47-23-25-48(26-24-47)89(85,86)75-63(83)57-49(51-36-69-79(42(51)3)38-66(4,5)6)27-28-56(72-57)77-35-29-44-14-12-15-50(52(44)37-77)61(81)74-65-71-53-16-10-11-18-55(53)88-65/h10-12,14-16,18-28,36,39-40,46,54,59H,13,17,29-35,37-38H2,1-9H3,(H,70,82)(H,73,80)(H,75,83)(H,71,74,81). The topological polar surface area (TPSA) is 234 Å². The number of nitrogens with zero attached hydrogens (tertiary/aromatic N) is 8. The molecule has 5 amide bonds. The van der Waals surface area contributed by atoms with Gasteiger partial charge in [0.25, 0.3) is 21.8 Å². The lowest BCUT2D eigenvalue weighted by Gasteiger charge is -2.38. The minimum absolute atomic E-state index is 0.103. The number of sulfonamides is 1. The first-order chi connectivity index (χ1) is 42.4. The van der Waals surface area contributed by atoms with E-state index < -0.39 is 33.4 Å². The molecular formula is C67H76N12O7S3. The van der Waals surface area contributed by atoms with Crippen LogP contribution in [0.15, 0.2) is 120 Å². The zero-order valence-corrected chi connectivity index (χ0v) is 54.2. The molecule has 19 nitrogen and oxygen atoms in total. The molecule has 3 unspecified atom stereocenters. The van der Waals surface area contributed by atoms with Gasteiger partial charge in [0, 0.05) is 73.3 Å². The van der Waals surface area contributed by atoms with E-state index in [0.717, 1.165) is 54.4 Å². The molecule has 7 heterocycles. The van der Waals surface area contributed by atoms with Crippen LogP contribution in [0.4, 0.5) is 16.6 Å². The summed E-state index contributed by atoms with van der Waals surface area (Å²) in [6, 6.07) is 29.5. The van der Waals surface area contributed by atoms with Gasteiger partial charge in [0.2, 0.25) is 17.7 Å². The second kappa shape index (κ2) is 25.3. The van der Waals surface area contributed by atoms with Crippen LogP contribution >= 0.6 is 22.7 Å². The van der Waals surface area contributed by atoms with E-state index in [1.165, 1.54) is 23.5 Å². The third-order valence-corrected chi connectivity index (χ3v) is 20.4. The number of carbonyl (C=O) groups is 5. The summed E-state index contributed by atoms with van der Waals surface area (Å²) in [4.78, 5) is 91.6. The summed E-state index contributed by atoms with van der Waals surface area (Å²) >= 11 is 2.99. The van der Waals surface area contributed by atoms with Gasteiger partial charge in [0.05, 0.1) is 43.4 Å². The van der Waals surface area contributed by atoms with Gasteiger partial charge < -0.3 is 25.3 Å². The molecule has 2 fully saturated rings. The number of pyridine rings is 1. The number of hydrogen-bond donors (Lipinski definition) is 4. The number of hydrogen-bond acceptors (Lipinski definition) is 15. The Kier molecular flexibility index (Phi) is 17.7. The molecule has 4 aromatic heterocycles. The van der Waals surface area contributed by atoms with Crippen LogP contribution in [0, 0.1) is 30.6 Å². The summed E-state index contributed by atoms with van der Waals surface area (Å²) in [5.41, 5.74) is 9.63. The molecule has 4 aromatic carbocycles. The van der Waals surface area contributed by atoms with Crippen molar-refractivity contribution in [3.05, 3.63) is 154 Å². The number of aryl methyl sites for hydroxylation is 1. The number of rotatable bonds is 16. The largest absolute Gasteiger partial charge is 0.371 e. The Bertz CT molecular complexity index is 4070. The van der Waals surface area contributed by atoms with Crippen LogP contribution < -0.4 is 30.5 Å². The molecule has 8 aromatic rings. The van der Waals surface area contributed by atoms with Gasteiger partial charge in [0.15, 0.2) is 5.13 Å². The zero-order valence-electron chi connectivity index (χ0n) is 51.7. The summed E-state index contributed by atoms with van der Waals surface area (Å²) in [6.07, 6.45) is 4.43. The SMILES string of the molecule is Cc1ncsc1-c1ccc(C(C)NC(=O)C2CCCN2C(=O)C(NC(=O)C2CCN(c3ccc(S(=O)(=O)NC(=O)c4nc(N5CCc6cccc(C(=O)Nc7nc8ccccc8s7)c6C5)ccc4-c4cnn(CC(C)(C)C)c4C)cc3)CC2)C(C)(C)C)cc1. The third-order valence-electron chi connectivity index (χ3n) is 17.1. The second-order valence-electron chi connectivity index (χ2n) is 25.8. The van der Waals surface area contributed by atoms with Crippen LogP contribution in [-0.2, 0) is 43.9 Å². The van der Waals surface area contributed by atoms with Crippen molar-refractivity contribution in [2.45, 2.75) is 131 Å². The van der Waals surface area contributed by atoms with Gasteiger partial charge in [-0.2, -0.15) is 5.10 Å². The number of likely N-dealkylation sites (tertiary alicyclic amines) is 1. The maximum atomic E-state index is 14.6. The number of amides is 5. The lowest BCUT2D eigenvalue weighted by molar-refractivity contribution is -0.144. The Labute approximate surface area is 527 Å². The fourth-order valence-electron chi connectivity index (χ4n) is 12.2. The summed E-state index contributed by atoms with van der Waals surface area (Å²) in [6.45, 7) is 20.7. The Hall–Kier alpha value is -8.34. The van der Waals surface area contributed by atoms with Crippen molar-refractivity contribution in [3.63, 3.8) is 0 Å². The molecule has 4 N–H and O–H groups in total. The Morgan fingerprint density at radius 2 is 1.49 bits per heavy atom. The van der Waals surface area contributed by atoms with Gasteiger partial charge in [-0.25, -0.2) is 28.1 Å². The quantitative estimate of drug-likeness (QED) is 0.0706. The van der Waals surface area contributed by atoms with E-state index in [-0.39, 0.29) is 51.6 Å². The summed E-state index contributed by atoms with van der Waals surface area (Å²) < 4.78 is 33.7. The van der Waals surface area contributed by atoms with E-state index in [0.29, 0.717) is 99.0 Å². The fourth-order valence-corrected chi connectivity index (χ4v) is 14.8. The van der Waals surface area contributed by atoms with Gasteiger partial charge in [-0.05, 0) is 141 Å². The van der Waals surface area contributed by atoms with Crippen molar-refractivity contribution < 1.29 is 32.4 Å². The van der Waals surface area contributed by atoms with E-state index in [9.17, 15) is 32.4 Å². The zero-order chi connectivity index (χ0) is 63.1. The molecule has 0 spiro atoms. The normalized spacial score (nSPS) is 16.4. The smallest absolute Gasteiger partial charge is 0.284 e. The number of thiazole rings is 2. The highest BCUT2D eigenvalue weighted by Crippen LogP contribution is 2.36. The first-order valence-corrected chi connectivity index (χ1v) is 33.5. The van der Waals surface area contributed by atoms with Crippen LogP contribution in [0.25, 0.3) is 31.8 Å². The third kappa shape index (κ3) is 13.6. The monoisotopic (exact) mass is 1260 g/mol. The van der Waals surface area contributed by atoms with Gasteiger partial charge in [-0.3, -0.25) is 34.0 Å². The van der Waals surface area contributed by atoms with Gasteiger partial charge in [-0.15, -0.1) is 11.3 Å². The van der Waals surface area contributed by atoms with Crippen molar-refractivity contribution in [3.8, 4) is 21.6 Å². The summed E-state index contributed by atoms with van der Waals surface area (Å²) in [5.74, 6) is -1.90.